The Morgan fingerprint density at radius 1 is 1.31 bits per heavy atom. The van der Waals surface area contributed by atoms with Crippen molar-refractivity contribution < 1.29 is 9.13 Å². The quantitative estimate of drug-likeness (QED) is 0.781. The van der Waals surface area contributed by atoms with Gasteiger partial charge in [0.05, 0.1) is 12.8 Å². The molecule has 26 heavy (non-hydrogen) atoms. The Labute approximate surface area is 150 Å². The van der Waals surface area contributed by atoms with Gasteiger partial charge in [0.2, 0.25) is 0 Å². The molecule has 0 radical (unpaired) electrons. The number of halogens is 1. The predicted octanol–water partition coefficient (Wildman–Crippen LogP) is 2.08. The van der Waals surface area contributed by atoms with Crippen LogP contribution in [0.15, 0.2) is 29.1 Å². The van der Waals surface area contributed by atoms with Gasteiger partial charge in [-0.3, -0.25) is 14.8 Å². The van der Waals surface area contributed by atoms with Crippen LogP contribution in [0.4, 0.5) is 4.39 Å². The first-order valence-corrected chi connectivity index (χ1v) is 8.70. The van der Waals surface area contributed by atoms with Crippen LogP contribution in [0.1, 0.15) is 22.5 Å². The summed E-state index contributed by atoms with van der Waals surface area (Å²) >= 11 is 0. The van der Waals surface area contributed by atoms with Gasteiger partial charge >= 0.3 is 0 Å². The highest BCUT2D eigenvalue weighted by molar-refractivity contribution is 5.42. The number of nitrogens with one attached hydrogen (secondary N) is 1. The van der Waals surface area contributed by atoms with Gasteiger partial charge in [0.15, 0.2) is 17.2 Å². The van der Waals surface area contributed by atoms with Gasteiger partial charge < -0.3 is 4.74 Å². The second-order valence-electron chi connectivity index (χ2n) is 6.68. The lowest BCUT2D eigenvalue weighted by Crippen LogP contribution is -2.27. The maximum absolute atomic E-state index is 14.4. The molecule has 1 aliphatic rings. The van der Waals surface area contributed by atoms with E-state index < -0.39 is 0 Å². The Balaban J connectivity index is 1.59. The van der Waals surface area contributed by atoms with Crippen molar-refractivity contribution in [2.45, 2.75) is 26.3 Å². The lowest BCUT2D eigenvalue weighted by molar-refractivity contribution is 0.272. The number of H-pyrrole nitrogens is 1. The Bertz CT molecular complexity index is 1020. The van der Waals surface area contributed by atoms with Gasteiger partial charge in [0.1, 0.15) is 0 Å². The fourth-order valence-electron chi connectivity index (χ4n) is 3.56. The van der Waals surface area contributed by atoms with E-state index in [0.29, 0.717) is 37.1 Å². The Morgan fingerprint density at radius 3 is 2.92 bits per heavy atom. The molecule has 0 bridgehead atoms. The molecule has 2 aromatic heterocycles. The largest absolute Gasteiger partial charge is 0.494 e. The highest BCUT2D eigenvalue weighted by atomic mass is 19.1. The summed E-state index contributed by atoms with van der Waals surface area (Å²) in [4.78, 5) is 19.5. The molecule has 0 spiro atoms. The standard InChI is InChI=1S/C19H21FN4O2/c1-12-10-17-21-15-7-9-23(8-6-14(15)19(25)24(17)22-12)11-13-4-3-5-16(26-2)18(13)20/h3-5,10,22H,6-9,11H2,1-2H3. The number of hydrogen-bond acceptors (Lipinski definition) is 4. The minimum atomic E-state index is -0.321. The molecule has 0 saturated carbocycles. The number of fused-ring (bicyclic) bond motifs is 2. The molecule has 1 aromatic carbocycles. The van der Waals surface area contributed by atoms with E-state index in [-0.39, 0.29) is 17.1 Å². The third kappa shape index (κ3) is 2.88. The smallest absolute Gasteiger partial charge is 0.276 e. The van der Waals surface area contributed by atoms with Crippen molar-refractivity contribution in [1.82, 2.24) is 19.5 Å². The molecule has 1 N–H and O–H groups in total. The zero-order chi connectivity index (χ0) is 18.3. The Hall–Kier alpha value is -2.67. The zero-order valence-corrected chi connectivity index (χ0v) is 14.9. The van der Waals surface area contributed by atoms with E-state index in [1.165, 1.54) is 11.6 Å². The summed E-state index contributed by atoms with van der Waals surface area (Å²) in [5.41, 5.74) is 3.72. The van der Waals surface area contributed by atoms with Crippen LogP contribution in [-0.2, 0) is 19.4 Å². The van der Waals surface area contributed by atoms with E-state index >= 15 is 0 Å². The molecule has 0 fully saturated rings. The molecular weight excluding hydrogens is 335 g/mol. The van der Waals surface area contributed by atoms with Crippen LogP contribution < -0.4 is 10.3 Å². The average molecular weight is 356 g/mol. The fourth-order valence-corrected chi connectivity index (χ4v) is 3.56. The van der Waals surface area contributed by atoms with Crippen LogP contribution in [0.2, 0.25) is 0 Å². The van der Waals surface area contributed by atoms with Crippen LogP contribution in [0, 0.1) is 12.7 Å². The maximum atomic E-state index is 14.4. The number of hydrogen-bond donors (Lipinski definition) is 1. The summed E-state index contributed by atoms with van der Waals surface area (Å²) in [5, 5.41) is 3.03. The topological polar surface area (TPSA) is 62.6 Å². The van der Waals surface area contributed by atoms with Crippen LogP contribution in [-0.4, -0.2) is 39.7 Å². The summed E-state index contributed by atoms with van der Waals surface area (Å²) in [6, 6.07) is 7.06. The van der Waals surface area contributed by atoms with Crippen molar-refractivity contribution >= 4 is 5.65 Å². The molecule has 0 unspecified atom stereocenters. The van der Waals surface area contributed by atoms with Crippen molar-refractivity contribution in [2.24, 2.45) is 0 Å². The molecule has 6 nitrogen and oxygen atoms in total. The zero-order valence-electron chi connectivity index (χ0n) is 14.9. The number of aryl methyl sites for hydroxylation is 1. The normalized spacial score (nSPS) is 15.0. The molecule has 7 heteroatoms. The van der Waals surface area contributed by atoms with E-state index in [9.17, 15) is 9.18 Å². The SMILES string of the molecule is COc1cccc(CN2CCc3nc4cc(C)[nH]n4c(=O)c3CC2)c1F. The van der Waals surface area contributed by atoms with Gasteiger partial charge in [0.25, 0.3) is 5.56 Å². The number of aromatic amines is 1. The Morgan fingerprint density at radius 2 is 2.12 bits per heavy atom. The molecule has 0 aliphatic carbocycles. The fraction of sp³-hybridized carbons (Fsp3) is 0.368. The van der Waals surface area contributed by atoms with Gasteiger partial charge in [0, 0.05) is 48.9 Å². The lowest BCUT2D eigenvalue weighted by atomic mass is 10.1. The number of nitrogens with zero attached hydrogens (tertiary/aromatic N) is 3. The predicted molar refractivity (Wildman–Crippen MR) is 96.2 cm³/mol. The summed E-state index contributed by atoms with van der Waals surface area (Å²) in [6.45, 7) is 3.81. The number of methoxy groups -OCH3 is 1. The maximum Gasteiger partial charge on any atom is 0.276 e. The van der Waals surface area contributed by atoms with Gasteiger partial charge in [-0.2, -0.15) is 0 Å². The van der Waals surface area contributed by atoms with E-state index in [0.717, 1.165) is 23.5 Å². The molecule has 3 aromatic rings. The van der Waals surface area contributed by atoms with Gasteiger partial charge in [-0.15, -0.1) is 0 Å². The third-order valence-electron chi connectivity index (χ3n) is 4.92. The lowest BCUT2D eigenvalue weighted by Gasteiger charge is -2.20. The van der Waals surface area contributed by atoms with Crippen molar-refractivity contribution in [2.75, 3.05) is 20.2 Å². The van der Waals surface area contributed by atoms with E-state index in [2.05, 4.69) is 15.0 Å². The minimum absolute atomic E-state index is 0.0347. The first-order chi connectivity index (χ1) is 12.6. The first-order valence-electron chi connectivity index (χ1n) is 8.70. The second kappa shape index (κ2) is 6.57. The van der Waals surface area contributed by atoms with Crippen molar-refractivity contribution in [3.8, 4) is 5.75 Å². The second-order valence-corrected chi connectivity index (χ2v) is 6.68. The summed E-state index contributed by atoms with van der Waals surface area (Å²) in [7, 11) is 1.47. The summed E-state index contributed by atoms with van der Waals surface area (Å²) in [6.07, 6.45) is 1.28. The van der Waals surface area contributed by atoms with E-state index in [4.69, 9.17) is 4.74 Å². The van der Waals surface area contributed by atoms with Crippen LogP contribution >= 0.6 is 0 Å². The van der Waals surface area contributed by atoms with Gasteiger partial charge in [-0.25, -0.2) is 13.9 Å². The van der Waals surface area contributed by atoms with E-state index in [1.54, 1.807) is 18.2 Å². The third-order valence-corrected chi connectivity index (χ3v) is 4.92. The van der Waals surface area contributed by atoms with Gasteiger partial charge in [-0.05, 0) is 19.4 Å². The van der Waals surface area contributed by atoms with Crippen molar-refractivity contribution in [1.29, 1.82) is 0 Å². The Kier molecular flexibility index (Phi) is 4.24. The van der Waals surface area contributed by atoms with Crippen LogP contribution in [0.25, 0.3) is 5.65 Å². The first kappa shape index (κ1) is 16.8. The molecule has 1 aliphatic heterocycles. The molecule has 136 valence electrons. The molecule has 4 rings (SSSR count). The molecule has 0 amide bonds. The highest BCUT2D eigenvalue weighted by Crippen LogP contribution is 2.22. The monoisotopic (exact) mass is 356 g/mol. The van der Waals surface area contributed by atoms with Crippen LogP contribution in [0.5, 0.6) is 5.75 Å². The number of ether oxygens (including phenoxy) is 1. The average Bonchev–Trinajstić information content (AvgIpc) is 2.88. The van der Waals surface area contributed by atoms with E-state index in [1.807, 2.05) is 13.0 Å². The van der Waals surface area contributed by atoms with Crippen LogP contribution in [0.3, 0.4) is 0 Å². The highest BCUT2D eigenvalue weighted by Gasteiger charge is 2.21. The minimum Gasteiger partial charge on any atom is -0.494 e. The molecule has 3 heterocycles. The number of aromatic nitrogens is 3. The van der Waals surface area contributed by atoms with Crippen molar-refractivity contribution in [3.05, 3.63) is 63.0 Å². The summed E-state index contributed by atoms with van der Waals surface area (Å²) in [5.74, 6) is -0.0658. The molecule has 0 atom stereocenters. The van der Waals surface area contributed by atoms with Gasteiger partial charge in [-0.1, -0.05) is 12.1 Å². The summed E-state index contributed by atoms with van der Waals surface area (Å²) < 4.78 is 21.0. The number of benzene rings is 1. The number of rotatable bonds is 3. The van der Waals surface area contributed by atoms with Crippen molar-refractivity contribution in [3.63, 3.8) is 0 Å². The molecular formula is C19H21FN4O2. The molecule has 0 saturated heterocycles.